The van der Waals surface area contributed by atoms with Gasteiger partial charge in [-0.05, 0) is 35.2 Å². The fourth-order valence-corrected chi connectivity index (χ4v) is 3.47. The number of H-pyrrole nitrogens is 1. The molecule has 2 N–H and O–H groups in total. The Bertz CT molecular complexity index is 1020. The van der Waals surface area contributed by atoms with Gasteiger partial charge >= 0.3 is 0 Å². The molecule has 0 aliphatic carbocycles. The minimum atomic E-state index is 0. The summed E-state index contributed by atoms with van der Waals surface area (Å²) in [5.74, 6) is 0. The quantitative estimate of drug-likeness (QED) is 0.580. The molecule has 1 aliphatic heterocycles. The van der Waals surface area contributed by atoms with Crippen LogP contribution in [0.5, 0.6) is 0 Å². The second kappa shape index (κ2) is 6.35. The molecule has 0 unspecified atom stereocenters. The Labute approximate surface area is 151 Å². The third-order valence-electron chi connectivity index (χ3n) is 4.65. The number of halogens is 1. The van der Waals surface area contributed by atoms with Gasteiger partial charge in [-0.1, -0.05) is 12.1 Å². The third kappa shape index (κ3) is 2.62. The lowest BCUT2D eigenvalue weighted by atomic mass is 9.98. The normalized spacial score (nSPS) is 13.4. The van der Waals surface area contributed by atoms with Crippen molar-refractivity contribution in [3.63, 3.8) is 0 Å². The van der Waals surface area contributed by atoms with E-state index < -0.39 is 0 Å². The first-order valence-corrected chi connectivity index (χ1v) is 8.18. The molecule has 0 fully saturated rings. The Morgan fingerprint density at radius 3 is 2.76 bits per heavy atom. The molecule has 0 spiro atoms. The van der Waals surface area contributed by atoms with Gasteiger partial charge in [-0.2, -0.15) is 5.10 Å². The number of nitrogens with zero attached hydrogens (tertiary/aromatic N) is 3. The standard InChI is InChI=1S/C19H17N5.ClH/c1-2-15(11-16-13(1)5-8-22-16)19-18(14-3-6-20-7-4-14)17-12-21-9-10-24(17)23-19;/h1-8,11,21-22H,9-10,12H2;1H. The van der Waals surface area contributed by atoms with Crippen molar-refractivity contribution in [2.24, 2.45) is 0 Å². The molecule has 0 radical (unpaired) electrons. The summed E-state index contributed by atoms with van der Waals surface area (Å²) in [6, 6.07) is 12.7. The first kappa shape index (κ1) is 15.9. The molecule has 0 amide bonds. The van der Waals surface area contributed by atoms with E-state index in [0.29, 0.717) is 0 Å². The van der Waals surface area contributed by atoms with E-state index in [1.807, 2.05) is 18.6 Å². The molecule has 3 aromatic heterocycles. The molecule has 5 rings (SSSR count). The third-order valence-corrected chi connectivity index (χ3v) is 4.65. The van der Waals surface area contributed by atoms with Crippen LogP contribution in [0.2, 0.25) is 0 Å². The summed E-state index contributed by atoms with van der Waals surface area (Å²) in [6.07, 6.45) is 5.65. The molecular formula is C19H18ClN5. The molecule has 0 saturated heterocycles. The Balaban J connectivity index is 0.00000157. The zero-order valence-electron chi connectivity index (χ0n) is 13.6. The number of fused-ring (bicyclic) bond motifs is 2. The molecule has 6 heteroatoms. The predicted molar refractivity (Wildman–Crippen MR) is 102 cm³/mol. The molecule has 1 aliphatic rings. The van der Waals surface area contributed by atoms with Crippen LogP contribution in [0, 0.1) is 0 Å². The van der Waals surface area contributed by atoms with Crippen LogP contribution in [0.1, 0.15) is 5.69 Å². The van der Waals surface area contributed by atoms with E-state index in [9.17, 15) is 0 Å². The van der Waals surface area contributed by atoms with E-state index in [-0.39, 0.29) is 12.4 Å². The zero-order chi connectivity index (χ0) is 15.9. The molecule has 0 saturated carbocycles. The molecule has 0 bridgehead atoms. The van der Waals surface area contributed by atoms with E-state index in [1.54, 1.807) is 0 Å². The van der Waals surface area contributed by atoms with Crippen molar-refractivity contribution in [1.82, 2.24) is 25.1 Å². The Morgan fingerprint density at radius 2 is 1.88 bits per heavy atom. The van der Waals surface area contributed by atoms with Gasteiger partial charge in [-0.25, -0.2) is 0 Å². The van der Waals surface area contributed by atoms with Gasteiger partial charge in [0.05, 0.1) is 12.2 Å². The van der Waals surface area contributed by atoms with Crippen molar-refractivity contribution >= 4 is 23.3 Å². The van der Waals surface area contributed by atoms with Crippen LogP contribution in [0.15, 0.2) is 55.0 Å². The highest BCUT2D eigenvalue weighted by Crippen LogP contribution is 2.36. The van der Waals surface area contributed by atoms with Crippen LogP contribution in [-0.4, -0.2) is 26.3 Å². The average Bonchev–Trinajstić information content (AvgIpc) is 3.26. The number of nitrogens with one attached hydrogen (secondary N) is 2. The lowest BCUT2D eigenvalue weighted by Gasteiger charge is -2.16. The van der Waals surface area contributed by atoms with Crippen molar-refractivity contribution in [2.75, 3.05) is 6.54 Å². The largest absolute Gasteiger partial charge is 0.361 e. The summed E-state index contributed by atoms with van der Waals surface area (Å²) >= 11 is 0. The summed E-state index contributed by atoms with van der Waals surface area (Å²) in [5.41, 5.74) is 6.92. The summed E-state index contributed by atoms with van der Waals surface area (Å²) < 4.78 is 2.14. The van der Waals surface area contributed by atoms with Gasteiger partial charge in [0.2, 0.25) is 0 Å². The number of rotatable bonds is 2. The van der Waals surface area contributed by atoms with E-state index in [4.69, 9.17) is 5.10 Å². The number of pyridine rings is 1. The van der Waals surface area contributed by atoms with Crippen LogP contribution in [0.4, 0.5) is 0 Å². The SMILES string of the molecule is Cl.c1cc(-c2c(-c3ccc4cc[nH]c4c3)nn3c2CNCC3)ccn1. The highest BCUT2D eigenvalue weighted by atomic mass is 35.5. The van der Waals surface area contributed by atoms with Crippen molar-refractivity contribution in [3.8, 4) is 22.4 Å². The maximum absolute atomic E-state index is 4.93. The molecule has 0 atom stereocenters. The first-order chi connectivity index (χ1) is 11.9. The van der Waals surface area contributed by atoms with Crippen LogP contribution < -0.4 is 5.32 Å². The summed E-state index contributed by atoms with van der Waals surface area (Å²) in [5, 5.41) is 9.61. The van der Waals surface area contributed by atoms with Crippen molar-refractivity contribution in [3.05, 3.63) is 60.7 Å². The molecule has 4 aromatic rings. The van der Waals surface area contributed by atoms with Crippen LogP contribution >= 0.6 is 12.4 Å². The Morgan fingerprint density at radius 1 is 1.00 bits per heavy atom. The number of hydrogen-bond donors (Lipinski definition) is 2. The highest BCUT2D eigenvalue weighted by Gasteiger charge is 2.22. The maximum Gasteiger partial charge on any atom is 0.101 e. The number of benzene rings is 1. The van der Waals surface area contributed by atoms with E-state index in [0.717, 1.165) is 42.0 Å². The topological polar surface area (TPSA) is 58.5 Å². The molecule has 126 valence electrons. The molecule has 25 heavy (non-hydrogen) atoms. The average molecular weight is 352 g/mol. The van der Waals surface area contributed by atoms with Gasteiger partial charge in [0.15, 0.2) is 0 Å². The minimum absolute atomic E-state index is 0. The van der Waals surface area contributed by atoms with Crippen molar-refractivity contribution < 1.29 is 0 Å². The second-order valence-corrected chi connectivity index (χ2v) is 6.09. The van der Waals surface area contributed by atoms with E-state index in [1.165, 1.54) is 16.6 Å². The smallest absolute Gasteiger partial charge is 0.101 e. The van der Waals surface area contributed by atoms with Gasteiger partial charge in [0, 0.05) is 48.3 Å². The molecule has 4 heterocycles. The monoisotopic (exact) mass is 351 g/mol. The predicted octanol–water partition coefficient (Wildman–Crippen LogP) is 3.62. The summed E-state index contributed by atoms with van der Waals surface area (Å²) in [6.45, 7) is 2.70. The Kier molecular flexibility index (Phi) is 4.03. The van der Waals surface area contributed by atoms with E-state index in [2.05, 4.69) is 56.4 Å². The van der Waals surface area contributed by atoms with Crippen LogP contribution in [0.25, 0.3) is 33.3 Å². The molecular weight excluding hydrogens is 334 g/mol. The number of aromatic nitrogens is 4. The second-order valence-electron chi connectivity index (χ2n) is 6.09. The van der Waals surface area contributed by atoms with Gasteiger partial charge in [-0.15, -0.1) is 12.4 Å². The fourth-order valence-electron chi connectivity index (χ4n) is 3.47. The van der Waals surface area contributed by atoms with Crippen molar-refractivity contribution in [1.29, 1.82) is 0 Å². The lowest BCUT2D eigenvalue weighted by molar-refractivity contribution is 0.477. The maximum atomic E-state index is 4.93. The van der Waals surface area contributed by atoms with Crippen LogP contribution in [-0.2, 0) is 13.1 Å². The number of hydrogen-bond acceptors (Lipinski definition) is 3. The summed E-state index contributed by atoms with van der Waals surface area (Å²) in [4.78, 5) is 7.45. The molecule has 1 aromatic carbocycles. The van der Waals surface area contributed by atoms with Gasteiger partial charge in [0.25, 0.3) is 0 Å². The Hall–Kier alpha value is -2.63. The minimum Gasteiger partial charge on any atom is -0.361 e. The van der Waals surface area contributed by atoms with Gasteiger partial charge in [0.1, 0.15) is 5.69 Å². The summed E-state index contributed by atoms with van der Waals surface area (Å²) in [7, 11) is 0. The van der Waals surface area contributed by atoms with E-state index >= 15 is 0 Å². The number of aromatic amines is 1. The zero-order valence-corrected chi connectivity index (χ0v) is 14.4. The highest BCUT2D eigenvalue weighted by molar-refractivity contribution is 5.89. The van der Waals surface area contributed by atoms with Crippen molar-refractivity contribution in [2.45, 2.75) is 13.1 Å². The van der Waals surface area contributed by atoms with Crippen LogP contribution in [0.3, 0.4) is 0 Å². The van der Waals surface area contributed by atoms with Gasteiger partial charge < -0.3 is 10.3 Å². The first-order valence-electron chi connectivity index (χ1n) is 8.18. The fraction of sp³-hybridized carbons (Fsp3) is 0.158. The lowest BCUT2D eigenvalue weighted by Crippen LogP contribution is -2.28. The molecule has 5 nitrogen and oxygen atoms in total. The van der Waals surface area contributed by atoms with Gasteiger partial charge in [-0.3, -0.25) is 9.67 Å².